The van der Waals surface area contributed by atoms with Gasteiger partial charge in [-0.15, -0.1) is 11.3 Å². The number of amides is 1. The Labute approximate surface area is 148 Å². The van der Waals surface area contributed by atoms with Gasteiger partial charge in [0, 0.05) is 29.3 Å². The van der Waals surface area contributed by atoms with E-state index in [1.807, 2.05) is 0 Å². The van der Waals surface area contributed by atoms with Crippen molar-refractivity contribution in [2.24, 2.45) is 5.92 Å². The third-order valence-corrected chi connectivity index (χ3v) is 6.05. The highest BCUT2D eigenvalue weighted by atomic mass is 32.1. The number of rotatable bonds is 5. The Hall–Kier alpha value is -1.68. The lowest BCUT2D eigenvalue weighted by Crippen LogP contribution is -2.33. The fraction of sp³-hybridized carbons (Fsp3) is 0.500. The van der Waals surface area contributed by atoms with E-state index in [1.54, 1.807) is 11.3 Å². The lowest BCUT2D eigenvalue weighted by atomic mass is 9.89. The predicted octanol–water partition coefficient (Wildman–Crippen LogP) is 4.67. The number of carbonyl (C=O) groups excluding carboxylic acids is 1. The van der Waals surface area contributed by atoms with Gasteiger partial charge in [0.05, 0.1) is 5.69 Å². The van der Waals surface area contributed by atoms with Crippen LogP contribution in [-0.4, -0.2) is 17.4 Å². The molecule has 0 spiro atoms. The second kappa shape index (κ2) is 7.93. The van der Waals surface area contributed by atoms with Crippen LogP contribution in [0.5, 0.6) is 0 Å². The second-order valence-electron chi connectivity index (χ2n) is 6.77. The zero-order valence-electron chi connectivity index (χ0n) is 14.6. The standard InChI is InChI=1S/C20H26N2OS/c1-14-7-6-10-17(13-14)20-22-15(2)18(24-20)11-12-21-19(23)16-8-4-3-5-9-16/h6-7,10,13,16H,3-5,8-9,11-12H2,1-2H3,(H,21,23). The van der Waals surface area contributed by atoms with Crippen molar-refractivity contribution in [3.63, 3.8) is 0 Å². The molecule has 3 nitrogen and oxygen atoms in total. The maximum Gasteiger partial charge on any atom is 0.223 e. The zero-order chi connectivity index (χ0) is 16.9. The van der Waals surface area contributed by atoms with Crippen molar-refractivity contribution < 1.29 is 4.79 Å². The monoisotopic (exact) mass is 342 g/mol. The summed E-state index contributed by atoms with van der Waals surface area (Å²) in [4.78, 5) is 18.2. The fourth-order valence-corrected chi connectivity index (χ4v) is 4.43. The number of hydrogen-bond donors (Lipinski definition) is 1. The average molecular weight is 343 g/mol. The number of aromatic nitrogens is 1. The van der Waals surface area contributed by atoms with E-state index in [4.69, 9.17) is 4.98 Å². The van der Waals surface area contributed by atoms with Gasteiger partial charge in [-0.05, 0) is 32.8 Å². The van der Waals surface area contributed by atoms with Crippen molar-refractivity contribution in [2.75, 3.05) is 6.54 Å². The number of nitrogens with one attached hydrogen (secondary N) is 1. The minimum Gasteiger partial charge on any atom is -0.356 e. The SMILES string of the molecule is Cc1cccc(-c2nc(C)c(CCNC(=O)C3CCCCC3)s2)c1. The summed E-state index contributed by atoms with van der Waals surface area (Å²) in [7, 11) is 0. The highest BCUT2D eigenvalue weighted by Gasteiger charge is 2.20. The first-order chi connectivity index (χ1) is 11.6. The molecule has 2 aromatic rings. The van der Waals surface area contributed by atoms with E-state index in [1.165, 1.54) is 35.3 Å². The summed E-state index contributed by atoms with van der Waals surface area (Å²) in [6, 6.07) is 8.46. The van der Waals surface area contributed by atoms with E-state index < -0.39 is 0 Å². The van der Waals surface area contributed by atoms with Crippen LogP contribution in [0.1, 0.15) is 48.2 Å². The van der Waals surface area contributed by atoms with Crippen molar-refractivity contribution in [3.8, 4) is 10.6 Å². The Kier molecular flexibility index (Phi) is 5.67. The lowest BCUT2D eigenvalue weighted by molar-refractivity contribution is -0.125. The molecule has 0 aliphatic heterocycles. The molecule has 0 saturated heterocycles. The number of carbonyl (C=O) groups is 1. The van der Waals surface area contributed by atoms with E-state index in [0.29, 0.717) is 6.54 Å². The van der Waals surface area contributed by atoms with Crippen LogP contribution in [0.3, 0.4) is 0 Å². The number of hydrogen-bond acceptors (Lipinski definition) is 3. The Bertz CT molecular complexity index is 701. The van der Waals surface area contributed by atoms with E-state index in [2.05, 4.69) is 43.4 Å². The molecule has 1 saturated carbocycles. The van der Waals surface area contributed by atoms with Gasteiger partial charge < -0.3 is 5.32 Å². The van der Waals surface area contributed by atoms with Crippen LogP contribution < -0.4 is 5.32 Å². The summed E-state index contributed by atoms with van der Waals surface area (Å²) >= 11 is 1.75. The van der Waals surface area contributed by atoms with Crippen LogP contribution in [0.4, 0.5) is 0 Å². The number of nitrogens with zero attached hydrogens (tertiary/aromatic N) is 1. The first-order valence-corrected chi connectivity index (χ1v) is 9.76. The Morgan fingerprint density at radius 3 is 2.79 bits per heavy atom. The van der Waals surface area contributed by atoms with Crippen molar-refractivity contribution in [1.29, 1.82) is 0 Å². The second-order valence-corrected chi connectivity index (χ2v) is 7.86. The van der Waals surface area contributed by atoms with Gasteiger partial charge in [0.2, 0.25) is 5.91 Å². The molecule has 1 heterocycles. The van der Waals surface area contributed by atoms with Crippen molar-refractivity contribution in [2.45, 2.75) is 52.4 Å². The molecule has 1 aromatic heterocycles. The quantitative estimate of drug-likeness (QED) is 0.858. The molecular weight excluding hydrogens is 316 g/mol. The van der Waals surface area contributed by atoms with E-state index >= 15 is 0 Å². The van der Waals surface area contributed by atoms with Gasteiger partial charge in [-0.1, -0.05) is 43.0 Å². The van der Waals surface area contributed by atoms with Crippen molar-refractivity contribution >= 4 is 17.2 Å². The van der Waals surface area contributed by atoms with Gasteiger partial charge in [-0.2, -0.15) is 0 Å². The van der Waals surface area contributed by atoms with E-state index in [0.717, 1.165) is 30.0 Å². The molecule has 0 unspecified atom stereocenters. The van der Waals surface area contributed by atoms with Gasteiger partial charge in [0.25, 0.3) is 0 Å². The molecule has 0 bridgehead atoms. The molecule has 4 heteroatoms. The summed E-state index contributed by atoms with van der Waals surface area (Å²) in [5.74, 6) is 0.486. The Morgan fingerprint density at radius 1 is 1.25 bits per heavy atom. The van der Waals surface area contributed by atoms with Crippen LogP contribution in [0.15, 0.2) is 24.3 Å². The average Bonchev–Trinajstić information content (AvgIpc) is 2.97. The molecule has 0 radical (unpaired) electrons. The molecule has 0 atom stereocenters. The van der Waals surface area contributed by atoms with Gasteiger partial charge in [0.1, 0.15) is 5.01 Å². The maximum absolute atomic E-state index is 12.2. The van der Waals surface area contributed by atoms with Crippen LogP contribution in [-0.2, 0) is 11.2 Å². The molecule has 3 rings (SSSR count). The molecule has 1 aromatic carbocycles. The van der Waals surface area contributed by atoms with Crippen molar-refractivity contribution in [1.82, 2.24) is 10.3 Å². The highest BCUT2D eigenvalue weighted by Crippen LogP contribution is 2.29. The number of aryl methyl sites for hydroxylation is 2. The molecule has 1 aliphatic rings. The summed E-state index contributed by atoms with van der Waals surface area (Å²) in [6.07, 6.45) is 6.67. The largest absolute Gasteiger partial charge is 0.356 e. The van der Waals surface area contributed by atoms with Crippen molar-refractivity contribution in [3.05, 3.63) is 40.4 Å². The van der Waals surface area contributed by atoms with Gasteiger partial charge in [0.15, 0.2) is 0 Å². The minimum atomic E-state index is 0.240. The molecular formula is C20H26N2OS. The van der Waals surface area contributed by atoms with E-state index in [9.17, 15) is 4.79 Å². The van der Waals surface area contributed by atoms with Gasteiger partial charge in [-0.3, -0.25) is 4.79 Å². The first kappa shape index (κ1) is 17.2. The van der Waals surface area contributed by atoms with E-state index in [-0.39, 0.29) is 11.8 Å². The Balaban J connectivity index is 1.57. The van der Waals surface area contributed by atoms with Crippen LogP contribution in [0.2, 0.25) is 0 Å². The lowest BCUT2D eigenvalue weighted by Gasteiger charge is -2.20. The third kappa shape index (κ3) is 4.23. The van der Waals surface area contributed by atoms with Gasteiger partial charge in [-0.25, -0.2) is 4.98 Å². The fourth-order valence-electron chi connectivity index (χ4n) is 3.37. The smallest absolute Gasteiger partial charge is 0.223 e. The molecule has 1 aliphatic carbocycles. The molecule has 1 amide bonds. The summed E-state index contributed by atoms with van der Waals surface area (Å²) in [5, 5.41) is 4.20. The normalized spacial score (nSPS) is 15.4. The minimum absolute atomic E-state index is 0.240. The highest BCUT2D eigenvalue weighted by molar-refractivity contribution is 7.15. The maximum atomic E-state index is 12.2. The van der Waals surface area contributed by atoms with Gasteiger partial charge >= 0.3 is 0 Å². The van der Waals surface area contributed by atoms with Crippen LogP contribution in [0.25, 0.3) is 10.6 Å². The topological polar surface area (TPSA) is 42.0 Å². The third-order valence-electron chi connectivity index (χ3n) is 4.78. The van der Waals surface area contributed by atoms with Crippen LogP contribution >= 0.6 is 11.3 Å². The number of thiazole rings is 1. The summed E-state index contributed by atoms with van der Waals surface area (Å²) in [5.41, 5.74) is 3.52. The summed E-state index contributed by atoms with van der Waals surface area (Å²) < 4.78 is 0. The summed E-state index contributed by atoms with van der Waals surface area (Å²) in [6.45, 7) is 4.88. The molecule has 24 heavy (non-hydrogen) atoms. The molecule has 1 fully saturated rings. The molecule has 1 N–H and O–H groups in total. The molecule has 128 valence electrons. The number of benzene rings is 1. The zero-order valence-corrected chi connectivity index (χ0v) is 15.4. The van der Waals surface area contributed by atoms with Crippen LogP contribution in [0, 0.1) is 19.8 Å². The first-order valence-electron chi connectivity index (χ1n) is 8.94. The predicted molar refractivity (Wildman–Crippen MR) is 100 cm³/mol. The Morgan fingerprint density at radius 2 is 2.04 bits per heavy atom.